The van der Waals surface area contributed by atoms with Crippen molar-refractivity contribution in [3.63, 3.8) is 0 Å². The van der Waals surface area contributed by atoms with Gasteiger partial charge in [-0.25, -0.2) is 0 Å². The van der Waals surface area contributed by atoms with E-state index >= 15 is 0 Å². The van der Waals surface area contributed by atoms with Crippen LogP contribution in [0.2, 0.25) is 0 Å². The molecule has 0 aromatic rings. The normalized spacial score (nSPS) is 11.2. The summed E-state index contributed by atoms with van der Waals surface area (Å²) in [5.74, 6) is -0.903. The number of carbonyl (C=O) groups is 1. The highest BCUT2D eigenvalue weighted by molar-refractivity contribution is 5.63. The minimum absolute atomic E-state index is 0.234. The topological polar surface area (TPSA) is 66.1 Å². The first-order chi connectivity index (χ1) is 13.9. The molecule has 0 radical (unpaired) electrons. The lowest BCUT2D eigenvalue weighted by Gasteiger charge is -2.27. The molecule has 0 aliphatic carbocycles. The molecule has 2 N–H and O–H groups in total. The van der Waals surface area contributed by atoms with Gasteiger partial charge in [0.05, 0.1) is 27.2 Å². The quantitative estimate of drug-likeness (QED) is 0.213. The third-order valence-corrected chi connectivity index (χ3v) is 5.81. The number of nitrogens with zero attached hydrogens (tertiary/aromatic N) is 1. The first kappa shape index (κ1) is 30.6. The molecule has 4 nitrogen and oxygen atoms in total. The van der Waals surface area contributed by atoms with Crippen molar-refractivity contribution in [3.8, 4) is 0 Å². The van der Waals surface area contributed by atoms with Crippen molar-refractivity contribution >= 4 is 5.97 Å². The molecule has 0 aromatic carbocycles. The Labute approximate surface area is 183 Å². The highest BCUT2D eigenvalue weighted by Crippen LogP contribution is 2.13. The van der Waals surface area contributed by atoms with Gasteiger partial charge in [0.2, 0.25) is 0 Å². The van der Waals surface area contributed by atoms with Crippen molar-refractivity contribution in [3.05, 3.63) is 0 Å². The number of hydrogen-bond donors (Lipinski definition) is 1. The second kappa shape index (κ2) is 23.7. The molecule has 0 rings (SSSR count). The summed E-state index contributed by atoms with van der Waals surface area (Å²) >= 11 is 0. The number of quaternary nitrogens is 1. The second-order valence-electron chi connectivity index (χ2n) is 9.19. The lowest BCUT2D eigenvalue weighted by Crippen LogP contribution is -2.40. The minimum atomic E-state index is -0.903. The van der Waals surface area contributed by atoms with E-state index < -0.39 is 5.97 Å². The Morgan fingerprint density at radius 2 is 1.07 bits per heavy atom. The maximum Gasteiger partial charge on any atom is 0.0794 e. The summed E-state index contributed by atoms with van der Waals surface area (Å²) in [7, 11) is 4.46. The highest BCUT2D eigenvalue weighted by Gasteiger charge is 2.08. The molecule has 0 fully saturated rings. The summed E-state index contributed by atoms with van der Waals surface area (Å²) < 4.78 is 1.09. The average molecular weight is 415 g/mol. The van der Waals surface area contributed by atoms with Crippen LogP contribution < -0.4 is 10.8 Å². The highest BCUT2D eigenvalue weighted by atomic mass is 16.4. The van der Waals surface area contributed by atoms with E-state index in [1.54, 1.807) is 0 Å². The summed E-state index contributed by atoms with van der Waals surface area (Å²) in [5, 5.41) is 10.2. The Balaban J connectivity index is 0. The fourth-order valence-electron chi connectivity index (χ4n) is 3.32. The van der Waals surface area contributed by atoms with Gasteiger partial charge in [-0.1, -0.05) is 96.8 Å². The molecule has 0 heterocycles. The van der Waals surface area contributed by atoms with E-state index in [-0.39, 0.29) is 6.42 Å². The third-order valence-electron chi connectivity index (χ3n) is 5.81. The zero-order chi connectivity index (χ0) is 22.2. The van der Waals surface area contributed by atoms with Gasteiger partial charge in [-0.05, 0) is 26.3 Å². The van der Waals surface area contributed by atoms with Crippen LogP contribution in [-0.2, 0) is 4.79 Å². The summed E-state index contributed by atoms with van der Waals surface area (Å²) in [6.07, 6.45) is 21.0. The Morgan fingerprint density at radius 3 is 1.38 bits per heavy atom. The molecule has 176 valence electrons. The van der Waals surface area contributed by atoms with E-state index in [9.17, 15) is 9.90 Å². The van der Waals surface area contributed by atoms with Gasteiger partial charge < -0.3 is 20.1 Å². The van der Waals surface area contributed by atoms with Crippen LogP contribution >= 0.6 is 0 Å². The van der Waals surface area contributed by atoms with Gasteiger partial charge in [-0.3, -0.25) is 0 Å². The van der Waals surface area contributed by atoms with Gasteiger partial charge in [0.15, 0.2) is 0 Å². The van der Waals surface area contributed by atoms with Crippen molar-refractivity contribution in [2.24, 2.45) is 5.73 Å². The molecule has 0 aliphatic rings. The lowest BCUT2D eigenvalue weighted by molar-refractivity contribution is -0.888. The summed E-state index contributed by atoms with van der Waals surface area (Å²) in [6, 6.07) is 0. The fraction of sp³-hybridized carbons (Fsp3) is 0.960. The van der Waals surface area contributed by atoms with Gasteiger partial charge in [0.1, 0.15) is 0 Å². The monoisotopic (exact) mass is 414 g/mol. The molecule has 0 amide bonds. The van der Waals surface area contributed by atoms with Gasteiger partial charge in [0.25, 0.3) is 0 Å². The van der Waals surface area contributed by atoms with Crippen LogP contribution in [0, 0.1) is 0 Å². The molecule has 0 aromatic heterocycles. The van der Waals surface area contributed by atoms with Crippen molar-refractivity contribution in [1.29, 1.82) is 0 Å². The van der Waals surface area contributed by atoms with Crippen molar-refractivity contribution in [1.82, 2.24) is 0 Å². The predicted octanol–water partition coefficient (Wildman–Crippen LogP) is 5.43. The SMILES string of the molecule is CCCCCCCCCCCCCCCCCC(=O)[O-].CC[N+](C)(C)CCCN. The van der Waals surface area contributed by atoms with E-state index in [2.05, 4.69) is 27.9 Å². The van der Waals surface area contributed by atoms with Crippen LogP contribution in [0.15, 0.2) is 0 Å². The molecule has 0 spiro atoms. The van der Waals surface area contributed by atoms with Crippen LogP contribution in [0.5, 0.6) is 0 Å². The van der Waals surface area contributed by atoms with E-state index in [1.165, 1.54) is 96.6 Å². The Kier molecular flexibility index (Phi) is 25.0. The van der Waals surface area contributed by atoms with Crippen molar-refractivity contribution in [2.75, 3.05) is 33.7 Å². The zero-order valence-electron chi connectivity index (χ0n) is 20.5. The predicted molar refractivity (Wildman–Crippen MR) is 126 cm³/mol. The molecule has 29 heavy (non-hydrogen) atoms. The second-order valence-corrected chi connectivity index (χ2v) is 9.19. The molecule has 0 saturated heterocycles. The first-order valence-electron chi connectivity index (χ1n) is 12.6. The number of carboxylic acids is 1. The largest absolute Gasteiger partial charge is 0.550 e. The van der Waals surface area contributed by atoms with Crippen LogP contribution in [0.4, 0.5) is 0 Å². The maximum absolute atomic E-state index is 10.2. The number of rotatable bonds is 20. The molecular weight excluding hydrogens is 360 g/mol. The Morgan fingerprint density at radius 1 is 0.690 bits per heavy atom. The van der Waals surface area contributed by atoms with Gasteiger partial charge in [-0.2, -0.15) is 0 Å². The summed E-state index contributed by atoms with van der Waals surface area (Å²) in [6.45, 7) is 7.69. The van der Waals surface area contributed by atoms with Gasteiger partial charge in [-0.15, -0.1) is 0 Å². The van der Waals surface area contributed by atoms with Crippen LogP contribution in [-0.4, -0.2) is 44.2 Å². The van der Waals surface area contributed by atoms with Crippen LogP contribution in [0.1, 0.15) is 123 Å². The molecule has 0 aliphatic heterocycles. The Bertz CT molecular complexity index is 333. The van der Waals surface area contributed by atoms with Crippen LogP contribution in [0.3, 0.4) is 0 Å². The van der Waals surface area contributed by atoms with Gasteiger partial charge in [0, 0.05) is 12.4 Å². The molecule has 0 bridgehead atoms. The summed E-state index contributed by atoms with van der Waals surface area (Å²) in [5.41, 5.74) is 5.38. The van der Waals surface area contributed by atoms with E-state index in [0.717, 1.165) is 30.3 Å². The number of unbranched alkanes of at least 4 members (excludes halogenated alkanes) is 14. The number of hydrogen-bond acceptors (Lipinski definition) is 3. The maximum atomic E-state index is 10.2. The fourth-order valence-corrected chi connectivity index (χ4v) is 3.32. The molecule has 0 unspecified atom stereocenters. The standard InChI is InChI=1S/C18H36O2.C7H19N2/c1-2-3-4-5-6-7-8-9-10-11-12-13-14-15-16-17-18(19)20;1-4-9(2,3)7-5-6-8/h2-17H2,1H3,(H,19,20);4-8H2,1-3H3/q;+1/p-1. The Hall–Kier alpha value is -0.610. The molecule has 0 saturated carbocycles. The summed E-state index contributed by atoms with van der Waals surface area (Å²) in [4.78, 5) is 10.2. The average Bonchev–Trinajstić information content (AvgIpc) is 2.69. The van der Waals surface area contributed by atoms with Crippen molar-refractivity contribution < 1.29 is 14.4 Å². The van der Waals surface area contributed by atoms with Gasteiger partial charge >= 0.3 is 0 Å². The molecular formula is C25H54N2O2. The molecule has 4 heteroatoms. The van der Waals surface area contributed by atoms with E-state index in [4.69, 9.17) is 5.73 Å². The van der Waals surface area contributed by atoms with E-state index in [0.29, 0.717) is 0 Å². The minimum Gasteiger partial charge on any atom is -0.550 e. The van der Waals surface area contributed by atoms with Crippen molar-refractivity contribution in [2.45, 2.75) is 123 Å². The zero-order valence-corrected chi connectivity index (χ0v) is 20.5. The lowest BCUT2D eigenvalue weighted by atomic mass is 10.0. The van der Waals surface area contributed by atoms with E-state index in [1.807, 2.05) is 0 Å². The number of carboxylic acid groups (broad SMARTS) is 1. The third kappa shape index (κ3) is 29.7. The number of nitrogens with two attached hydrogens (primary N) is 1. The number of aliphatic carboxylic acids is 1. The van der Waals surface area contributed by atoms with Crippen LogP contribution in [0.25, 0.3) is 0 Å². The smallest absolute Gasteiger partial charge is 0.0794 e. The first-order valence-corrected chi connectivity index (χ1v) is 12.6. The number of carbonyl (C=O) groups excluding carboxylic acids is 1. The molecule has 0 atom stereocenters.